The van der Waals surface area contributed by atoms with Gasteiger partial charge in [0.15, 0.2) is 0 Å². The zero-order valence-electron chi connectivity index (χ0n) is 8.41. The van der Waals surface area contributed by atoms with E-state index in [-0.39, 0.29) is 0 Å². The predicted octanol–water partition coefficient (Wildman–Crippen LogP) is 2.55. The largest absolute Gasteiger partial charge is 0.327 e. The van der Waals surface area contributed by atoms with E-state index in [9.17, 15) is 0 Å². The Morgan fingerprint density at radius 3 is 2.38 bits per heavy atom. The molecule has 2 N–H and O–H groups in total. The van der Waals surface area contributed by atoms with Crippen molar-refractivity contribution < 1.29 is 0 Å². The van der Waals surface area contributed by atoms with Crippen molar-refractivity contribution in [2.24, 2.45) is 29.4 Å². The van der Waals surface area contributed by atoms with Gasteiger partial charge in [0.25, 0.3) is 0 Å². The molecule has 13 heavy (non-hydrogen) atoms. The van der Waals surface area contributed by atoms with Gasteiger partial charge in [0.05, 0.1) is 0 Å². The molecular formula is C12H21N. The molecule has 3 aliphatic carbocycles. The van der Waals surface area contributed by atoms with Crippen LogP contribution in [0.1, 0.15) is 44.9 Å². The summed E-state index contributed by atoms with van der Waals surface area (Å²) < 4.78 is 0. The molecule has 1 nitrogen and oxygen atoms in total. The maximum absolute atomic E-state index is 6.24. The van der Waals surface area contributed by atoms with Crippen LogP contribution in [-0.4, -0.2) is 6.04 Å². The number of hydrogen-bond donors (Lipinski definition) is 1. The molecule has 3 saturated carbocycles. The molecule has 0 heterocycles. The first-order chi connectivity index (χ1) is 6.33. The van der Waals surface area contributed by atoms with E-state index < -0.39 is 0 Å². The molecule has 3 fully saturated rings. The summed E-state index contributed by atoms with van der Waals surface area (Å²) in [6, 6.07) is 0.549. The summed E-state index contributed by atoms with van der Waals surface area (Å²) in [4.78, 5) is 0. The van der Waals surface area contributed by atoms with Gasteiger partial charge in [-0.1, -0.05) is 12.8 Å². The van der Waals surface area contributed by atoms with Crippen molar-refractivity contribution in [3.63, 3.8) is 0 Å². The van der Waals surface area contributed by atoms with Crippen LogP contribution in [0.4, 0.5) is 0 Å². The van der Waals surface area contributed by atoms with Crippen molar-refractivity contribution in [1.29, 1.82) is 0 Å². The van der Waals surface area contributed by atoms with Gasteiger partial charge >= 0.3 is 0 Å². The first-order valence-corrected chi connectivity index (χ1v) is 6.08. The van der Waals surface area contributed by atoms with Crippen LogP contribution in [0.5, 0.6) is 0 Å². The van der Waals surface area contributed by atoms with Crippen molar-refractivity contribution >= 4 is 0 Å². The van der Waals surface area contributed by atoms with E-state index in [1.54, 1.807) is 0 Å². The Labute approximate surface area is 81.1 Å². The summed E-state index contributed by atoms with van der Waals surface area (Å²) in [7, 11) is 0. The molecule has 3 atom stereocenters. The quantitative estimate of drug-likeness (QED) is 0.705. The van der Waals surface area contributed by atoms with Crippen LogP contribution in [-0.2, 0) is 0 Å². The number of fused-ring (bicyclic) bond motifs is 1. The van der Waals surface area contributed by atoms with Gasteiger partial charge in [-0.15, -0.1) is 0 Å². The van der Waals surface area contributed by atoms with Gasteiger partial charge < -0.3 is 5.73 Å². The summed E-state index contributed by atoms with van der Waals surface area (Å²) in [5, 5.41) is 0. The summed E-state index contributed by atoms with van der Waals surface area (Å²) >= 11 is 0. The highest BCUT2D eigenvalue weighted by Crippen LogP contribution is 2.55. The lowest BCUT2D eigenvalue weighted by Gasteiger charge is -2.20. The van der Waals surface area contributed by atoms with Crippen molar-refractivity contribution in [3.05, 3.63) is 0 Å². The fraction of sp³-hybridized carbons (Fsp3) is 1.00. The normalized spacial score (nSPS) is 44.5. The second kappa shape index (κ2) is 2.98. The van der Waals surface area contributed by atoms with Gasteiger partial charge in [-0.2, -0.15) is 0 Å². The average Bonchev–Trinajstić information content (AvgIpc) is 3.04. The van der Waals surface area contributed by atoms with Crippen LogP contribution in [0.3, 0.4) is 0 Å². The van der Waals surface area contributed by atoms with E-state index >= 15 is 0 Å². The Bertz CT molecular complexity index is 187. The third kappa shape index (κ3) is 1.76. The van der Waals surface area contributed by atoms with Crippen molar-refractivity contribution in [1.82, 2.24) is 0 Å². The van der Waals surface area contributed by atoms with Crippen LogP contribution in [0, 0.1) is 23.7 Å². The van der Waals surface area contributed by atoms with Crippen LogP contribution in [0.15, 0.2) is 0 Å². The molecule has 3 unspecified atom stereocenters. The zero-order chi connectivity index (χ0) is 8.84. The minimum atomic E-state index is 0.549. The molecule has 3 aliphatic rings. The predicted molar refractivity (Wildman–Crippen MR) is 54.3 cm³/mol. The van der Waals surface area contributed by atoms with Crippen molar-refractivity contribution in [3.8, 4) is 0 Å². The second-order valence-electron chi connectivity index (χ2n) is 5.67. The Morgan fingerprint density at radius 1 is 1.08 bits per heavy atom. The van der Waals surface area contributed by atoms with E-state index in [1.165, 1.54) is 44.9 Å². The monoisotopic (exact) mass is 179 g/mol. The molecule has 0 saturated heterocycles. The minimum absolute atomic E-state index is 0.549. The lowest BCUT2D eigenvalue weighted by Crippen LogP contribution is -2.29. The van der Waals surface area contributed by atoms with Crippen LogP contribution in [0.2, 0.25) is 0 Å². The third-order valence-electron chi connectivity index (χ3n) is 4.49. The molecule has 1 heteroatoms. The van der Waals surface area contributed by atoms with E-state index in [0.717, 1.165) is 23.7 Å². The van der Waals surface area contributed by atoms with Crippen molar-refractivity contribution in [2.75, 3.05) is 0 Å². The SMILES string of the molecule is NC(CCC1CC1)C1CC2CC2C1. The number of rotatable bonds is 4. The first kappa shape index (κ1) is 8.28. The Hall–Kier alpha value is -0.0400. The smallest absolute Gasteiger partial charge is 0.00674 e. The molecule has 3 rings (SSSR count). The maximum Gasteiger partial charge on any atom is 0.00674 e. The highest BCUT2D eigenvalue weighted by Gasteiger charge is 2.47. The molecule has 0 bridgehead atoms. The molecule has 0 radical (unpaired) electrons. The molecular weight excluding hydrogens is 158 g/mol. The molecule has 74 valence electrons. The van der Waals surface area contributed by atoms with Crippen LogP contribution >= 0.6 is 0 Å². The van der Waals surface area contributed by atoms with Crippen molar-refractivity contribution in [2.45, 2.75) is 51.0 Å². The lowest BCUT2D eigenvalue weighted by atomic mass is 9.91. The van der Waals surface area contributed by atoms with Gasteiger partial charge in [0.1, 0.15) is 0 Å². The highest BCUT2D eigenvalue weighted by atomic mass is 14.7. The standard InChI is InChI=1S/C12H21N/c13-12(4-3-8-1-2-8)11-6-9-5-10(9)7-11/h8-12H,1-7,13H2. The fourth-order valence-corrected chi connectivity index (χ4v) is 3.18. The van der Waals surface area contributed by atoms with Gasteiger partial charge in [0.2, 0.25) is 0 Å². The van der Waals surface area contributed by atoms with Gasteiger partial charge in [0, 0.05) is 6.04 Å². The third-order valence-corrected chi connectivity index (χ3v) is 4.49. The van der Waals surface area contributed by atoms with E-state index in [0.29, 0.717) is 6.04 Å². The zero-order valence-corrected chi connectivity index (χ0v) is 8.41. The summed E-state index contributed by atoms with van der Waals surface area (Å²) in [5.74, 6) is 4.19. The molecule has 0 aromatic heterocycles. The lowest BCUT2D eigenvalue weighted by molar-refractivity contribution is 0.365. The van der Waals surface area contributed by atoms with E-state index in [4.69, 9.17) is 5.73 Å². The Kier molecular flexibility index (Phi) is 1.90. The minimum Gasteiger partial charge on any atom is -0.327 e. The Morgan fingerprint density at radius 2 is 1.77 bits per heavy atom. The summed E-state index contributed by atoms with van der Waals surface area (Å²) in [5.41, 5.74) is 6.24. The van der Waals surface area contributed by atoms with Gasteiger partial charge in [-0.3, -0.25) is 0 Å². The molecule has 0 aliphatic heterocycles. The second-order valence-corrected chi connectivity index (χ2v) is 5.67. The van der Waals surface area contributed by atoms with E-state index in [2.05, 4.69) is 0 Å². The number of nitrogens with two attached hydrogens (primary N) is 1. The average molecular weight is 179 g/mol. The first-order valence-electron chi connectivity index (χ1n) is 6.08. The van der Waals surface area contributed by atoms with Gasteiger partial charge in [-0.25, -0.2) is 0 Å². The Balaban J connectivity index is 1.42. The van der Waals surface area contributed by atoms with Crippen LogP contribution in [0.25, 0.3) is 0 Å². The topological polar surface area (TPSA) is 26.0 Å². The highest BCUT2D eigenvalue weighted by molar-refractivity contribution is 4.98. The summed E-state index contributed by atoms with van der Waals surface area (Å²) in [6.45, 7) is 0. The molecule has 0 spiro atoms. The van der Waals surface area contributed by atoms with Crippen LogP contribution < -0.4 is 5.73 Å². The number of hydrogen-bond acceptors (Lipinski definition) is 1. The van der Waals surface area contributed by atoms with E-state index in [1.807, 2.05) is 0 Å². The van der Waals surface area contributed by atoms with Gasteiger partial charge in [-0.05, 0) is 55.8 Å². The summed E-state index contributed by atoms with van der Waals surface area (Å²) in [6.07, 6.45) is 10.2. The fourth-order valence-electron chi connectivity index (χ4n) is 3.18. The molecule has 0 aromatic rings. The molecule has 0 aromatic carbocycles. The maximum atomic E-state index is 6.24. The molecule has 0 amide bonds.